The highest BCUT2D eigenvalue weighted by atomic mass is 16.5. The number of hydrogen-bond donors (Lipinski definition) is 0. The lowest BCUT2D eigenvalue weighted by molar-refractivity contribution is 0.477. The van der Waals surface area contributed by atoms with E-state index >= 15 is 0 Å². The van der Waals surface area contributed by atoms with Gasteiger partial charge in [0.1, 0.15) is 11.5 Å². The van der Waals surface area contributed by atoms with Crippen LogP contribution >= 0.6 is 0 Å². The molecule has 0 fully saturated rings. The highest BCUT2D eigenvalue weighted by molar-refractivity contribution is 5.79. The summed E-state index contributed by atoms with van der Waals surface area (Å²) in [6.07, 6.45) is 2.76. The predicted octanol–water partition coefficient (Wildman–Crippen LogP) is 5.69. The molecule has 0 unspecified atom stereocenters. The van der Waals surface area contributed by atoms with Gasteiger partial charge in [0, 0.05) is 17.5 Å². The van der Waals surface area contributed by atoms with Crippen LogP contribution in [0.3, 0.4) is 0 Å². The van der Waals surface area contributed by atoms with Crippen LogP contribution in [0.25, 0.3) is 17.2 Å². The minimum Gasteiger partial charge on any atom is -0.456 e. The number of hydrogen-bond acceptors (Lipinski definition) is 1. The number of fused-ring (bicyclic) bond motifs is 3. The average molecular weight is 284 g/mol. The van der Waals surface area contributed by atoms with Gasteiger partial charge in [0.25, 0.3) is 0 Å². The third kappa shape index (κ3) is 2.03. The molecule has 0 spiro atoms. The Morgan fingerprint density at radius 2 is 1.50 bits per heavy atom. The smallest absolute Gasteiger partial charge is 0.134 e. The highest BCUT2D eigenvalue weighted by Gasteiger charge is 2.21. The van der Waals surface area contributed by atoms with E-state index in [9.17, 15) is 0 Å². The summed E-state index contributed by atoms with van der Waals surface area (Å²) in [5.74, 6) is 1.78. The number of rotatable bonds is 3. The zero-order chi connectivity index (χ0) is 14.9. The van der Waals surface area contributed by atoms with Crippen LogP contribution in [0.4, 0.5) is 0 Å². The summed E-state index contributed by atoms with van der Waals surface area (Å²) in [7, 11) is 0. The molecule has 1 nitrogen and oxygen atoms in total. The van der Waals surface area contributed by atoms with Crippen molar-refractivity contribution in [3.05, 3.63) is 90.0 Å². The van der Waals surface area contributed by atoms with Crippen molar-refractivity contribution in [3.63, 3.8) is 0 Å². The van der Waals surface area contributed by atoms with Crippen LogP contribution in [-0.2, 0) is 6.42 Å². The quantitative estimate of drug-likeness (QED) is 0.469. The highest BCUT2D eigenvalue weighted by Crippen LogP contribution is 2.42. The van der Waals surface area contributed by atoms with E-state index in [-0.39, 0.29) is 0 Å². The Morgan fingerprint density at radius 3 is 2.41 bits per heavy atom. The lowest BCUT2D eigenvalue weighted by Crippen LogP contribution is -1.92. The van der Waals surface area contributed by atoms with E-state index in [2.05, 4.69) is 43.0 Å². The third-order valence-corrected chi connectivity index (χ3v) is 4.17. The molecule has 4 rings (SSSR count). The standard InChI is InChI=1S/C21H16O/c1-2-15-8-4-6-12-20(15)22-21-13-7-11-18-17-10-5-3-9-16(17)14-19(18)21/h2-13H,1,14H2. The Balaban J connectivity index is 1.78. The Hall–Kier alpha value is -2.80. The van der Waals surface area contributed by atoms with Crippen molar-refractivity contribution in [1.29, 1.82) is 0 Å². The fourth-order valence-corrected chi connectivity index (χ4v) is 3.08. The molecule has 1 aliphatic rings. The van der Waals surface area contributed by atoms with E-state index in [1.54, 1.807) is 0 Å². The van der Waals surface area contributed by atoms with Crippen LogP contribution in [0, 0.1) is 0 Å². The van der Waals surface area contributed by atoms with Crippen LogP contribution in [0.1, 0.15) is 16.7 Å². The molecule has 22 heavy (non-hydrogen) atoms. The van der Waals surface area contributed by atoms with Gasteiger partial charge in [0.2, 0.25) is 0 Å². The van der Waals surface area contributed by atoms with Crippen molar-refractivity contribution in [2.24, 2.45) is 0 Å². The SMILES string of the molecule is C=Cc1ccccc1Oc1cccc2c1Cc1ccccc1-2. The first kappa shape index (κ1) is 12.9. The Morgan fingerprint density at radius 1 is 0.773 bits per heavy atom. The normalized spacial score (nSPS) is 11.6. The van der Waals surface area contributed by atoms with E-state index in [0.717, 1.165) is 23.5 Å². The number of benzene rings is 3. The average Bonchev–Trinajstić information content (AvgIpc) is 2.95. The maximum Gasteiger partial charge on any atom is 0.134 e. The van der Waals surface area contributed by atoms with Gasteiger partial charge in [-0.25, -0.2) is 0 Å². The van der Waals surface area contributed by atoms with Gasteiger partial charge in [-0.15, -0.1) is 0 Å². The topological polar surface area (TPSA) is 9.23 Å². The van der Waals surface area contributed by atoms with Gasteiger partial charge in [-0.05, 0) is 28.8 Å². The molecule has 0 saturated carbocycles. The Kier molecular flexibility index (Phi) is 3.05. The fourth-order valence-electron chi connectivity index (χ4n) is 3.08. The first-order chi connectivity index (χ1) is 10.9. The van der Waals surface area contributed by atoms with Gasteiger partial charge in [-0.1, -0.05) is 67.3 Å². The summed E-state index contributed by atoms with van der Waals surface area (Å²) >= 11 is 0. The molecule has 106 valence electrons. The van der Waals surface area contributed by atoms with E-state index < -0.39 is 0 Å². The number of ether oxygens (including phenoxy) is 1. The van der Waals surface area contributed by atoms with Gasteiger partial charge < -0.3 is 4.74 Å². The zero-order valence-corrected chi connectivity index (χ0v) is 12.3. The monoisotopic (exact) mass is 284 g/mol. The van der Waals surface area contributed by atoms with E-state index in [1.807, 2.05) is 36.4 Å². The summed E-state index contributed by atoms with van der Waals surface area (Å²) in [6.45, 7) is 3.86. The molecule has 0 aromatic heterocycles. The molecule has 1 heteroatoms. The molecule has 1 aliphatic carbocycles. The lowest BCUT2D eigenvalue weighted by Gasteiger charge is -2.12. The lowest BCUT2D eigenvalue weighted by atomic mass is 10.1. The molecule has 0 amide bonds. The molecule has 0 radical (unpaired) electrons. The van der Waals surface area contributed by atoms with Gasteiger partial charge >= 0.3 is 0 Å². The molecule has 0 aliphatic heterocycles. The zero-order valence-electron chi connectivity index (χ0n) is 12.3. The van der Waals surface area contributed by atoms with Crippen LogP contribution in [0.2, 0.25) is 0 Å². The van der Waals surface area contributed by atoms with Crippen LogP contribution < -0.4 is 4.74 Å². The molecule has 0 N–H and O–H groups in total. The second-order valence-corrected chi connectivity index (χ2v) is 5.46. The second kappa shape index (κ2) is 5.19. The summed E-state index contributed by atoms with van der Waals surface area (Å²) in [6, 6.07) is 22.8. The van der Waals surface area contributed by atoms with E-state index in [1.165, 1.54) is 22.3 Å². The summed E-state index contributed by atoms with van der Waals surface area (Å²) < 4.78 is 6.20. The molecular formula is C21H16O. The second-order valence-electron chi connectivity index (χ2n) is 5.46. The summed E-state index contributed by atoms with van der Waals surface area (Å²) in [4.78, 5) is 0. The van der Waals surface area contributed by atoms with Gasteiger partial charge in [-0.2, -0.15) is 0 Å². The Bertz CT molecular complexity index is 861. The van der Waals surface area contributed by atoms with E-state index in [4.69, 9.17) is 4.74 Å². The molecule has 0 bridgehead atoms. The molecule has 0 heterocycles. The minimum atomic E-state index is 0.849. The fraction of sp³-hybridized carbons (Fsp3) is 0.0476. The summed E-state index contributed by atoms with van der Waals surface area (Å²) in [5.41, 5.74) is 6.24. The van der Waals surface area contributed by atoms with Crippen molar-refractivity contribution in [2.75, 3.05) is 0 Å². The third-order valence-electron chi connectivity index (χ3n) is 4.17. The molecular weight excluding hydrogens is 268 g/mol. The van der Waals surface area contributed by atoms with Crippen LogP contribution in [0.5, 0.6) is 11.5 Å². The Labute approximate surface area is 130 Å². The van der Waals surface area contributed by atoms with Gasteiger partial charge in [0.15, 0.2) is 0 Å². The maximum absolute atomic E-state index is 6.20. The van der Waals surface area contributed by atoms with Crippen molar-refractivity contribution in [3.8, 4) is 22.6 Å². The first-order valence-corrected chi connectivity index (χ1v) is 7.46. The van der Waals surface area contributed by atoms with Crippen molar-refractivity contribution >= 4 is 6.08 Å². The van der Waals surface area contributed by atoms with Crippen molar-refractivity contribution in [1.82, 2.24) is 0 Å². The molecule has 0 atom stereocenters. The molecule has 3 aromatic carbocycles. The van der Waals surface area contributed by atoms with Crippen LogP contribution in [-0.4, -0.2) is 0 Å². The van der Waals surface area contributed by atoms with Crippen LogP contribution in [0.15, 0.2) is 73.3 Å². The number of para-hydroxylation sites is 1. The largest absolute Gasteiger partial charge is 0.456 e. The minimum absolute atomic E-state index is 0.849. The molecule has 0 saturated heterocycles. The summed E-state index contributed by atoms with van der Waals surface area (Å²) in [5, 5.41) is 0. The maximum atomic E-state index is 6.20. The van der Waals surface area contributed by atoms with Gasteiger partial charge in [0.05, 0.1) is 0 Å². The van der Waals surface area contributed by atoms with E-state index in [0.29, 0.717) is 0 Å². The van der Waals surface area contributed by atoms with Crippen molar-refractivity contribution < 1.29 is 4.74 Å². The van der Waals surface area contributed by atoms with Crippen molar-refractivity contribution in [2.45, 2.75) is 6.42 Å². The molecule has 3 aromatic rings. The first-order valence-electron chi connectivity index (χ1n) is 7.46. The predicted molar refractivity (Wildman–Crippen MR) is 91.3 cm³/mol. The van der Waals surface area contributed by atoms with Gasteiger partial charge in [-0.3, -0.25) is 0 Å².